The molecular weight excluding hydrogens is 194 g/mol. The first-order valence-electron chi connectivity index (χ1n) is 4.84. The maximum absolute atomic E-state index is 10.7. The average molecular weight is 209 g/mol. The minimum Gasteiger partial charge on any atom is -0.478 e. The molecule has 0 aliphatic heterocycles. The molecule has 82 valence electrons. The third-order valence-corrected chi connectivity index (χ3v) is 2.08. The van der Waals surface area contributed by atoms with Gasteiger partial charge in [0.25, 0.3) is 0 Å². The van der Waals surface area contributed by atoms with Crippen LogP contribution in [0, 0.1) is 0 Å². The van der Waals surface area contributed by atoms with E-state index < -0.39 is 5.97 Å². The SMILES string of the molecule is CC(CCO)Nc1cccc(C(=O)O)c1. The van der Waals surface area contributed by atoms with E-state index in [2.05, 4.69) is 5.32 Å². The quantitative estimate of drug-likeness (QED) is 0.688. The first-order valence-corrected chi connectivity index (χ1v) is 4.84. The average Bonchev–Trinajstić information content (AvgIpc) is 2.18. The van der Waals surface area contributed by atoms with Gasteiger partial charge in [-0.25, -0.2) is 4.79 Å². The molecule has 0 spiro atoms. The fraction of sp³-hybridized carbons (Fsp3) is 0.364. The van der Waals surface area contributed by atoms with Crippen LogP contribution in [0.3, 0.4) is 0 Å². The number of aliphatic hydroxyl groups excluding tert-OH is 1. The number of carbonyl (C=O) groups is 1. The number of benzene rings is 1. The highest BCUT2D eigenvalue weighted by Gasteiger charge is 2.05. The van der Waals surface area contributed by atoms with E-state index in [1.165, 1.54) is 0 Å². The summed E-state index contributed by atoms with van der Waals surface area (Å²) in [6, 6.07) is 6.75. The zero-order valence-electron chi connectivity index (χ0n) is 8.60. The van der Waals surface area contributed by atoms with Crippen LogP contribution in [0.4, 0.5) is 5.69 Å². The lowest BCUT2D eigenvalue weighted by Crippen LogP contribution is -2.16. The van der Waals surface area contributed by atoms with E-state index in [9.17, 15) is 4.79 Å². The second-order valence-corrected chi connectivity index (χ2v) is 3.44. The maximum Gasteiger partial charge on any atom is 0.335 e. The number of nitrogens with one attached hydrogen (secondary N) is 1. The van der Waals surface area contributed by atoms with Crippen LogP contribution in [0.2, 0.25) is 0 Å². The molecule has 0 aliphatic rings. The normalized spacial score (nSPS) is 12.1. The highest BCUT2D eigenvalue weighted by molar-refractivity contribution is 5.88. The van der Waals surface area contributed by atoms with E-state index in [0.29, 0.717) is 6.42 Å². The highest BCUT2D eigenvalue weighted by atomic mass is 16.4. The van der Waals surface area contributed by atoms with Crippen LogP contribution >= 0.6 is 0 Å². The van der Waals surface area contributed by atoms with Crippen LogP contribution < -0.4 is 5.32 Å². The van der Waals surface area contributed by atoms with E-state index in [1.807, 2.05) is 6.92 Å². The van der Waals surface area contributed by atoms with Crippen LogP contribution in [-0.2, 0) is 0 Å². The molecule has 0 aliphatic carbocycles. The first-order chi connectivity index (χ1) is 7.13. The second-order valence-electron chi connectivity index (χ2n) is 3.44. The van der Waals surface area contributed by atoms with Gasteiger partial charge >= 0.3 is 5.97 Å². The summed E-state index contributed by atoms with van der Waals surface area (Å²) in [6.45, 7) is 2.05. The van der Waals surface area contributed by atoms with E-state index in [1.54, 1.807) is 24.3 Å². The summed E-state index contributed by atoms with van der Waals surface area (Å²) in [5.74, 6) is -0.937. The van der Waals surface area contributed by atoms with Gasteiger partial charge in [0.1, 0.15) is 0 Å². The van der Waals surface area contributed by atoms with Crippen molar-refractivity contribution in [2.24, 2.45) is 0 Å². The van der Waals surface area contributed by atoms with Gasteiger partial charge in [-0.05, 0) is 31.5 Å². The van der Waals surface area contributed by atoms with E-state index in [-0.39, 0.29) is 18.2 Å². The summed E-state index contributed by atoms with van der Waals surface area (Å²) < 4.78 is 0. The van der Waals surface area contributed by atoms with E-state index >= 15 is 0 Å². The Morgan fingerprint density at radius 1 is 1.53 bits per heavy atom. The third-order valence-electron chi connectivity index (χ3n) is 2.08. The Balaban J connectivity index is 2.69. The Morgan fingerprint density at radius 2 is 2.27 bits per heavy atom. The Labute approximate surface area is 88.6 Å². The molecule has 4 heteroatoms. The zero-order chi connectivity index (χ0) is 11.3. The summed E-state index contributed by atoms with van der Waals surface area (Å²) in [6.07, 6.45) is 0.636. The van der Waals surface area contributed by atoms with Gasteiger partial charge < -0.3 is 15.5 Å². The van der Waals surface area contributed by atoms with Gasteiger partial charge in [0, 0.05) is 18.3 Å². The van der Waals surface area contributed by atoms with Crippen molar-refractivity contribution in [1.29, 1.82) is 0 Å². The molecular formula is C11H15NO3. The van der Waals surface area contributed by atoms with Crippen LogP contribution in [-0.4, -0.2) is 28.8 Å². The highest BCUT2D eigenvalue weighted by Crippen LogP contribution is 2.12. The molecule has 15 heavy (non-hydrogen) atoms. The van der Waals surface area contributed by atoms with Crippen molar-refractivity contribution < 1.29 is 15.0 Å². The third kappa shape index (κ3) is 3.59. The molecule has 0 saturated heterocycles. The number of carboxylic acid groups (broad SMARTS) is 1. The van der Waals surface area contributed by atoms with Gasteiger partial charge in [0.05, 0.1) is 5.56 Å². The molecule has 0 saturated carbocycles. The second kappa shape index (κ2) is 5.36. The lowest BCUT2D eigenvalue weighted by molar-refractivity contribution is 0.0697. The number of rotatable bonds is 5. The van der Waals surface area contributed by atoms with Crippen molar-refractivity contribution in [2.45, 2.75) is 19.4 Å². The fourth-order valence-corrected chi connectivity index (χ4v) is 1.29. The number of hydrogen-bond acceptors (Lipinski definition) is 3. The molecule has 1 aromatic carbocycles. The minimum atomic E-state index is -0.937. The number of hydrogen-bond donors (Lipinski definition) is 3. The molecule has 0 radical (unpaired) electrons. The van der Waals surface area contributed by atoms with Crippen molar-refractivity contribution in [3.63, 3.8) is 0 Å². The van der Waals surface area contributed by atoms with Crippen molar-refractivity contribution in [3.8, 4) is 0 Å². The molecule has 3 N–H and O–H groups in total. The molecule has 0 aromatic heterocycles. The number of anilines is 1. The minimum absolute atomic E-state index is 0.118. The number of carboxylic acids is 1. The summed E-state index contributed by atoms with van der Waals surface area (Å²) >= 11 is 0. The molecule has 1 aromatic rings. The molecule has 0 bridgehead atoms. The molecule has 0 amide bonds. The summed E-state index contributed by atoms with van der Waals surface area (Å²) in [7, 11) is 0. The smallest absolute Gasteiger partial charge is 0.335 e. The van der Waals surface area contributed by atoms with Gasteiger partial charge in [0.15, 0.2) is 0 Å². The predicted octanol–water partition coefficient (Wildman–Crippen LogP) is 1.57. The first kappa shape index (κ1) is 11.5. The molecule has 1 rings (SSSR count). The maximum atomic E-state index is 10.7. The molecule has 1 unspecified atom stereocenters. The summed E-state index contributed by atoms with van der Waals surface area (Å²) in [5, 5.41) is 20.6. The fourth-order valence-electron chi connectivity index (χ4n) is 1.29. The van der Waals surface area contributed by atoms with Gasteiger partial charge in [-0.15, -0.1) is 0 Å². The predicted molar refractivity (Wildman–Crippen MR) is 58.2 cm³/mol. The van der Waals surface area contributed by atoms with Crippen molar-refractivity contribution in [2.75, 3.05) is 11.9 Å². The molecule has 0 heterocycles. The Bertz CT molecular complexity index is 338. The topological polar surface area (TPSA) is 69.6 Å². The Kier molecular flexibility index (Phi) is 4.12. The summed E-state index contributed by atoms with van der Waals surface area (Å²) in [5.41, 5.74) is 1.02. The van der Waals surface area contributed by atoms with Gasteiger partial charge in [-0.2, -0.15) is 0 Å². The van der Waals surface area contributed by atoms with Gasteiger partial charge in [0.2, 0.25) is 0 Å². The van der Waals surface area contributed by atoms with Crippen LogP contribution in [0.25, 0.3) is 0 Å². The molecule has 4 nitrogen and oxygen atoms in total. The van der Waals surface area contributed by atoms with Crippen molar-refractivity contribution >= 4 is 11.7 Å². The molecule has 1 atom stereocenters. The number of aliphatic hydroxyl groups is 1. The van der Waals surface area contributed by atoms with Crippen LogP contribution in [0.15, 0.2) is 24.3 Å². The van der Waals surface area contributed by atoms with Crippen LogP contribution in [0.5, 0.6) is 0 Å². The summed E-state index contributed by atoms with van der Waals surface area (Å²) in [4.78, 5) is 10.7. The molecule has 0 fully saturated rings. The monoisotopic (exact) mass is 209 g/mol. The van der Waals surface area contributed by atoms with Gasteiger partial charge in [-0.1, -0.05) is 6.07 Å². The number of aromatic carboxylic acids is 1. The lowest BCUT2D eigenvalue weighted by Gasteiger charge is -2.13. The van der Waals surface area contributed by atoms with Crippen molar-refractivity contribution in [3.05, 3.63) is 29.8 Å². The van der Waals surface area contributed by atoms with Crippen molar-refractivity contribution in [1.82, 2.24) is 0 Å². The Hall–Kier alpha value is -1.55. The Morgan fingerprint density at radius 3 is 2.87 bits per heavy atom. The van der Waals surface area contributed by atoms with E-state index in [4.69, 9.17) is 10.2 Å². The standard InChI is InChI=1S/C11H15NO3/c1-8(5-6-13)12-10-4-2-3-9(7-10)11(14)15/h2-4,7-8,12-13H,5-6H2,1H3,(H,14,15). The van der Waals surface area contributed by atoms with Crippen LogP contribution in [0.1, 0.15) is 23.7 Å². The largest absolute Gasteiger partial charge is 0.478 e. The van der Waals surface area contributed by atoms with E-state index in [0.717, 1.165) is 5.69 Å². The zero-order valence-corrected chi connectivity index (χ0v) is 8.60. The lowest BCUT2D eigenvalue weighted by atomic mass is 10.1. The van der Waals surface area contributed by atoms with Gasteiger partial charge in [-0.3, -0.25) is 0 Å².